The van der Waals surface area contributed by atoms with Crippen LogP contribution >= 0.6 is 45.9 Å². The van der Waals surface area contributed by atoms with E-state index in [9.17, 15) is 13.2 Å². The number of carbonyl (C=O) groups is 1. The van der Waals surface area contributed by atoms with Gasteiger partial charge in [-0.2, -0.15) is 4.31 Å². The lowest BCUT2D eigenvalue weighted by atomic mass is 10.0. The van der Waals surface area contributed by atoms with Crippen LogP contribution in [0.15, 0.2) is 40.6 Å². The standard InChI is InChI=1S/C21H21Cl2N3O3S3/c1-2-14-5-3-4-10-26(14)32(28,29)15-8-6-13(7-9-15)20(27)25-21-24-17(12-30-21)16-11-18(22)31-19(16)23/h6-9,11-12,14H,2-5,10H2,1H3,(H,24,25,27). The topological polar surface area (TPSA) is 79.4 Å². The number of thiazole rings is 1. The van der Waals surface area contributed by atoms with E-state index in [1.54, 1.807) is 15.8 Å². The van der Waals surface area contributed by atoms with Gasteiger partial charge in [-0.15, -0.1) is 22.7 Å². The molecule has 1 fully saturated rings. The summed E-state index contributed by atoms with van der Waals surface area (Å²) >= 11 is 14.7. The van der Waals surface area contributed by atoms with Crippen molar-refractivity contribution in [1.82, 2.24) is 9.29 Å². The van der Waals surface area contributed by atoms with Crippen LogP contribution < -0.4 is 5.32 Å². The first kappa shape index (κ1) is 23.7. The Morgan fingerprint density at radius 2 is 2.00 bits per heavy atom. The summed E-state index contributed by atoms with van der Waals surface area (Å²) in [6.07, 6.45) is 3.59. The molecule has 11 heteroatoms. The van der Waals surface area contributed by atoms with Crippen LogP contribution in [0.3, 0.4) is 0 Å². The van der Waals surface area contributed by atoms with Crippen molar-refractivity contribution in [2.24, 2.45) is 0 Å². The number of amides is 1. The van der Waals surface area contributed by atoms with Crippen LogP contribution in [0.25, 0.3) is 11.3 Å². The first-order chi connectivity index (χ1) is 15.3. The van der Waals surface area contributed by atoms with Gasteiger partial charge in [-0.25, -0.2) is 13.4 Å². The Balaban J connectivity index is 1.47. The maximum absolute atomic E-state index is 13.1. The third-order valence-corrected chi connectivity index (χ3v) is 9.64. The molecule has 32 heavy (non-hydrogen) atoms. The van der Waals surface area contributed by atoms with Gasteiger partial charge in [-0.05, 0) is 49.6 Å². The molecular weight excluding hydrogens is 509 g/mol. The molecule has 1 aliphatic heterocycles. The van der Waals surface area contributed by atoms with Gasteiger partial charge in [-0.3, -0.25) is 10.1 Å². The van der Waals surface area contributed by atoms with E-state index in [4.69, 9.17) is 23.2 Å². The fraction of sp³-hybridized carbons (Fsp3) is 0.333. The lowest BCUT2D eigenvalue weighted by Gasteiger charge is -2.34. The Morgan fingerprint density at radius 3 is 2.66 bits per heavy atom. The van der Waals surface area contributed by atoms with Gasteiger partial charge in [0.15, 0.2) is 5.13 Å². The molecule has 1 aromatic carbocycles. The van der Waals surface area contributed by atoms with Crippen molar-refractivity contribution < 1.29 is 13.2 Å². The third-order valence-electron chi connectivity index (χ3n) is 5.42. The lowest BCUT2D eigenvalue weighted by Crippen LogP contribution is -2.43. The molecule has 3 aromatic rings. The second-order valence-corrected chi connectivity index (χ2v) is 12.5. The maximum Gasteiger partial charge on any atom is 0.257 e. The molecule has 1 amide bonds. The second kappa shape index (κ2) is 9.79. The molecule has 1 unspecified atom stereocenters. The van der Waals surface area contributed by atoms with Crippen LogP contribution in [0.4, 0.5) is 5.13 Å². The molecule has 3 heterocycles. The molecule has 6 nitrogen and oxygen atoms in total. The number of sulfonamides is 1. The van der Waals surface area contributed by atoms with Crippen LogP contribution in [-0.2, 0) is 10.0 Å². The molecule has 170 valence electrons. The smallest absolute Gasteiger partial charge is 0.257 e. The van der Waals surface area contributed by atoms with Crippen molar-refractivity contribution in [1.29, 1.82) is 0 Å². The highest BCUT2D eigenvalue weighted by atomic mass is 35.5. The summed E-state index contributed by atoms with van der Waals surface area (Å²) in [6.45, 7) is 2.55. The average Bonchev–Trinajstić information content (AvgIpc) is 3.38. The quantitative estimate of drug-likeness (QED) is 0.401. The molecule has 0 saturated carbocycles. The number of thiophene rings is 1. The van der Waals surface area contributed by atoms with Crippen LogP contribution in [0.2, 0.25) is 8.67 Å². The SMILES string of the molecule is CCC1CCCCN1S(=O)(=O)c1ccc(C(=O)Nc2nc(-c3cc(Cl)sc3Cl)cs2)cc1. The van der Waals surface area contributed by atoms with Gasteiger partial charge in [-0.1, -0.05) is 36.5 Å². The fourth-order valence-electron chi connectivity index (χ4n) is 3.75. The average molecular weight is 531 g/mol. The first-order valence-corrected chi connectivity index (χ1v) is 14.0. The highest BCUT2D eigenvalue weighted by molar-refractivity contribution is 7.89. The molecular formula is C21H21Cl2N3O3S3. The minimum Gasteiger partial charge on any atom is -0.298 e. The number of hydrogen-bond acceptors (Lipinski definition) is 6. The number of nitrogens with zero attached hydrogens (tertiary/aromatic N) is 2. The van der Waals surface area contributed by atoms with Crippen molar-refractivity contribution in [3.8, 4) is 11.3 Å². The normalized spacial score (nSPS) is 17.4. The second-order valence-electron chi connectivity index (χ2n) is 7.43. The summed E-state index contributed by atoms with van der Waals surface area (Å²) in [5, 5.41) is 4.95. The van der Waals surface area contributed by atoms with Crippen molar-refractivity contribution >= 4 is 66.9 Å². The van der Waals surface area contributed by atoms with E-state index in [1.807, 2.05) is 6.92 Å². The minimum atomic E-state index is -3.59. The maximum atomic E-state index is 13.1. The van der Waals surface area contributed by atoms with E-state index >= 15 is 0 Å². The number of nitrogens with one attached hydrogen (secondary N) is 1. The van der Waals surface area contributed by atoms with Gasteiger partial charge in [0.25, 0.3) is 5.91 Å². The Kier molecular flexibility index (Phi) is 7.24. The van der Waals surface area contributed by atoms with Crippen molar-refractivity contribution in [2.75, 3.05) is 11.9 Å². The first-order valence-electron chi connectivity index (χ1n) is 10.1. The summed E-state index contributed by atoms with van der Waals surface area (Å²) in [7, 11) is -3.59. The number of hydrogen-bond donors (Lipinski definition) is 1. The van der Waals surface area contributed by atoms with E-state index in [2.05, 4.69) is 10.3 Å². The monoisotopic (exact) mass is 529 g/mol. The highest BCUT2D eigenvalue weighted by Gasteiger charge is 2.32. The fourth-order valence-corrected chi connectivity index (χ4v) is 7.71. The Hall–Kier alpha value is -1.49. The number of aromatic nitrogens is 1. The van der Waals surface area contributed by atoms with Crippen molar-refractivity contribution in [2.45, 2.75) is 43.5 Å². The van der Waals surface area contributed by atoms with Gasteiger partial charge in [0.1, 0.15) is 4.34 Å². The van der Waals surface area contributed by atoms with Crippen LogP contribution in [0.5, 0.6) is 0 Å². The largest absolute Gasteiger partial charge is 0.298 e. The summed E-state index contributed by atoms with van der Waals surface area (Å²) in [4.78, 5) is 17.2. The summed E-state index contributed by atoms with van der Waals surface area (Å²) in [5.41, 5.74) is 1.70. The molecule has 1 saturated heterocycles. The molecule has 0 aliphatic carbocycles. The number of halogens is 2. The Bertz CT molecular complexity index is 1220. The van der Waals surface area contributed by atoms with Crippen LogP contribution in [0.1, 0.15) is 43.0 Å². The lowest BCUT2D eigenvalue weighted by molar-refractivity contribution is 0.102. The number of rotatable bonds is 6. The van der Waals surface area contributed by atoms with Crippen LogP contribution in [-0.4, -0.2) is 36.2 Å². The van der Waals surface area contributed by atoms with E-state index in [0.29, 0.717) is 31.6 Å². The molecule has 0 radical (unpaired) electrons. The van der Waals surface area contributed by atoms with Gasteiger partial charge in [0, 0.05) is 29.1 Å². The number of anilines is 1. The van der Waals surface area contributed by atoms with E-state index in [0.717, 1.165) is 31.2 Å². The van der Waals surface area contributed by atoms with Crippen molar-refractivity contribution in [3.05, 3.63) is 49.9 Å². The van der Waals surface area contributed by atoms with Gasteiger partial charge >= 0.3 is 0 Å². The Morgan fingerprint density at radius 1 is 1.25 bits per heavy atom. The summed E-state index contributed by atoms with van der Waals surface area (Å²) in [6, 6.07) is 7.80. The number of carbonyl (C=O) groups excluding carboxylic acids is 1. The van der Waals surface area contributed by atoms with E-state index < -0.39 is 10.0 Å². The molecule has 1 atom stereocenters. The Labute approximate surface area is 205 Å². The molecule has 4 rings (SSSR count). The predicted molar refractivity (Wildman–Crippen MR) is 132 cm³/mol. The molecule has 1 N–H and O–H groups in total. The molecule has 2 aromatic heterocycles. The summed E-state index contributed by atoms with van der Waals surface area (Å²) in [5.74, 6) is -0.367. The predicted octanol–water partition coefficient (Wildman–Crippen LogP) is 6.38. The minimum absolute atomic E-state index is 0.0300. The van der Waals surface area contributed by atoms with E-state index in [1.165, 1.54) is 46.9 Å². The number of piperidine rings is 1. The molecule has 0 spiro atoms. The van der Waals surface area contributed by atoms with Gasteiger partial charge in [0.2, 0.25) is 10.0 Å². The van der Waals surface area contributed by atoms with Crippen molar-refractivity contribution in [3.63, 3.8) is 0 Å². The highest BCUT2D eigenvalue weighted by Crippen LogP contribution is 2.39. The van der Waals surface area contributed by atoms with Crippen LogP contribution in [0, 0.1) is 0 Å². The zero-order valence-corrected chi connectivity index (χ0v) is 21.1. The number of benzene rings is 1. The zero-order chi connectivity index (χ0) is 22.9. The molecule has 1 aliphatic rings. The zero-order valence-electron chi connectivity index (χ0n) is 17.2. The third kappa shape index (κ3) is 4.88. The van der Waals surface area contributed by atoms with E-state index in [-0.39, 0.29) is 16.8 Å². The van der Waals surface area contributed by atoms with Gasteiger partial charge in [0.05, 0.1) is 14.9 Å². The van der Waals surface area contributed by atoms with Gasteiger partial charge < -0.3 is 0 Å². The molecule has 0 bridgehead atoms. The summed E-state index contributed by atoms with van der Waals surface area (Å²) < 4.78 is 28.9.